The van der Waals surface area contributed by atoms with Gasteiger partial charge in [-0.15, -0.1) is 0 Å². The first-order valence-corrected chi connectivity index (χ1v) is 6.78. The Balaban J connectivity index is 3.02. The first-order valence-electron chi connectivity index (χ1n) is 6.78. The Morgan fingerprint density at radius 2 is 1.76 bits per heavy atom. The molecule has 1 rings (SSSR count). The SMILES string of the molecule is CCOC(=O)C(NCCOC)c1cc(OC)cc(OC)c1. The minimum atomic E-state index is -0.593. The average Bonchev–Trinajstić information content (AvgIpc) is 2.51. The molecule has 0 saturated carbocycles. The fourth-order valence-corrected chi connectivity index (χ4v) is 1.86. The summed E-state index contributed by atoms with van der Waals surface area (Å²) >= 11 is 0. The summed E-state index contributed by atoms with van der Waals surface area (Å²) in [6.07, 6.45) is 0. The lowest BCUT2D eigenvalue weighted by Gasteiger charge is -2.19. The highest BCUT2D eigenvalue weighted by Crippen LogP contribution is 2.27. The van der Waals surface area contributed by atoms with Gasteiger partial charge in [-0.2, -0.15) is 0 Å². The van der Waals surface area contributed by atoms with Crippen LogP contribution >= 0.6 is 0 Å². The van der Waals surface area contributed by atoms with Crippen molar-refractivity contribution >= 4 is 5.97 Å². The van der Waals surface area contributed by atoms with E-state index in [9.17, 15) is 4.79 Å². The molecule has 118 valence electrons. The van der Waals surface area contributed by atoms with Crippen LogP contribution in [0, 0.1) is 0 Å². The zero-order valence-electron chi connectivity index (χ0n) is 13.0. The molecule has 6 nitrogen and oxygen atoms in total. The van der Waals surface area contributed by atoms with E-state index in [1.165, 1.54) is 0 Å². The average molecular weight is 297 g/mol. The molecule has 21 heavy (non-hydrogen) atoms. The quantitative estimate of drug-likeness (QED) is 0.551. The van der Waals surface area contributed by atoms with Crippen LogP contribution < -0.4 is 14.8 Å². The third-order valence-electron chi connectivity index (χ3n) is 2.88. The van der Waals surface area contributed by atoms with E-state index in [1.807, 2.05) is 0 Å². The number of hydrogen-bond donors (Lipinski definition) is 1. The van der Waals surface area contributed by atoms with E-state index in [1.54, 1.807) is 46.5 Å². The molecule has 0 fully saturated rings. The number of carbonyl (C=O) groups is 1. The topological polar surface area (TPSA) is 66.0 Å². The van der Waals surface area contributed by atoms with E-state index in [0.717, 1.165) is 5.56 Å². The smallest absolute Gasteiger partial charge is 0.327 e. The summed E-state index contributed by atoms with van der Waals surface area (Å²) in [5.74, 6) is 0.892. The monoisotopic (exact) mass is 297 g/mol. The maximum atomic E-state index is 12.1. The molecule has 0 aliphatic heterocycles. The summed E-state index contributed by atoms with van der Waals surface area (Å²) in [4.78, 5) is 12.1. The first kappa shape index (κ1) is 17.3. The maximum absolute atomic E-state index is 12.1. The van der Waals surface area contributed by atoms with Crippen molar-refractivity contribution in [3.63, 3.8) is 0 Å². The molecule has 0 aliphatic rings. The second-order valence-electron chi connectivity index (χ2n) is 4.28. The van der Waals surface area contributed by atoms with E-state index in [2.05, 4.69) is 5.32 Å². The van der Waals surface area contributed by atoms with Gasteiger partial charge in [0.1, 0.15) is 17.5 Å². The highest BCUT2D eigenvalue weighted by atomic mass is 16.5. The van der Waals surface area contributed by atoms with Gasteiger partial charge in [0, 0.05) is 19.7 Å². The maximum Gasteiger partial charge on any atom is 0.327 e. The number of hydrogen-bond acceptors (Lipinski definition) is 6. The van der Waals surface area contributed by atoms with Gasteiger partial charge in [0.2, 0.25) is 0 Å². The predicted octanol–water partition coefficient (Wildman–Crippen LogP) is 1.54. The van der Waals surface area contributed by atoms with Gasteiger partial charge in [0.15, 0.2) is 0 Å². The Kier molecular flexibility index (Phi) is 7.56. The summed E-state index contributed by atoms with van der Waals surface area (Å²) in [7, 11) is 4.74. The molecule has 0 radical (unpaired) electrons. The molecule has 1 atom stereocenters. The van der Waals surface area contributed by atoms with Crippen LogP contribution in [0.2, 0.25) is 0 Å². The molecule has 6 heteroatoms. The van der Waals surface area contributed by atoms with Crippen molar-refractivity contribution < 1.29 is 23.7 Å². The van der Waals surface area contributed by atoms with E-state index < -0.39 is 6.04 Å². The third kappa shape index (κ3) is 5.24. The van der Waals surface area contributed by atoms with Gasteiger partial charge in [-0.25, -0.2) is 4.79 Å². The summed E-state index contributed by atoms with van der Waals surface area (Å²) in [6.45, 7) is 3.12. The van der Waals surface area contributed by atoms with Gasteiger partial charge >= 0.3 is 5.97 Å². The van der Waals surface area contributed by atoms with E-state index in [0.29, 0.717) is 31.3 Å². The standard InChI is InChI=1S/C15H23NO5/c1-5-21-15(17)14(16-6-7-18-2)11-8-12(19-3)10-13(9-11)20-4/h8-10,14,16H,5-7H2,1-4H3. The molecule has 0 amide bonds. The second kappa shape index (κ2) is 9.20. The van der Waals surface area contributed by atoms with Gasteiger partial charge in [0.05, 0.1) is 27.4 Å². The summed E-state index contributed by atoms with van der Waals surface area (Å²) < 4.78 is 20.6. The molecule has 0 heterocycles. The normalized spacial score (nSPS) is 11.8. The third-order valence-corrected chi connectivity index (χ3v) is 2.88. The first-order chi connectivity index (χ1) is 10.2. The molecule has 1 N–H and O–H groups in total. The largest absolute Gasteiger partial charge is 0.497 e. The zero-order chi connectivity index (χ0) is 15.7. The van der Waals surface area contributed by atoms with Crippen molar-refractivity contribution in [1.29, 1.82) is 0 Å². The molecular formula is C15H23NO5. The Bertz CT molecular complexity index is 427. The van der Waals surface area contributed by atoms with Crippen molar-refractivity contribution in [3.8, 4) is 11.5 Å². The summed E-state index contributed by atoms with van der Waals surface area (Å²) in [5, 5.41) is 3.11. The Morgan fingerprint density at radius 1 is 1.14 bits per heavy atom. The van der Waals surface area contributed by atoms with Gasteiger partial charge in [-0.1, -0.05) is 0 Å². The predicted molar refractivity (Wildman–Crippen MR) is 78.8 cm³/mol. The molecule has 0 bridgehead atoms. The van der Waals surface area contributed by atoms with Crippen LogP contribution in [0.5, 0.6) is 11.5 Å². The Labute approximate surface area is 125 Å². The highest BCUT2D eigenvalue weighted by molar-refractivity contribution is 5.78. The lowest BCUT2D eigenvalue weighted by molar-refractivity contribution is -0.145. The number of rotatable bonds is 9. The summed E-state index contributed by atoms with van der Waals surface area (Å²) in [6, 6.07) is 4.72. The van der Waals surface area contributed by atoms with Crippen molar-refractivity contribution in [2.24, 2.45) is 0 Å². The fourth-order valence-electron chi connectivity index (χ4n) is 1.86. The lowest BCUT2D eigenvalue weighted by Crippen LogP contribution is -2.32. The molecule has 1 aromatic carbocycles. The fraction of sp³-hybridized carbons (Fsp3) is 0.533. The second-order valence-corrected chi connectivity index (χ2v) is 4.28. The van der Waals surface area contributed by atoms with E-state index >= 15 is 0 Å². The molecule has 0 aromatic heterocycles. The van der Waals surface area contributed by atoms with Crippen molar-refractivity contribution in [1.82, 2.24) is 5.32 Å². The Hall–Kier alpha value is -1.79. The van der Waals surface area contributed by atoms with Crippen LogP contribution in [-0.2, 0) is 14.3 Å². The number of methoxy groups -OCH3 is 3. The van der Waals surface area contributed by atoms with Crippen molar-refractivity contribution in [2.45, 2.75) is 13.0 Å². The van der Waals surface area contributed by atoms with Gasteiger partial charge in [-0.3, -0.25) is 5.32 Å². The minimum Gasteiger partial charge on any atom is -0.497 e. The van der Waals surface area contributed by atoms with Crippen LogP contribution in [0.1, 0.15) is 18.5 Å². The van der Waals surface area contributed by atoms with Crippen LogP contribution in [0.4, 0.5) is 0 Å². The van der Waals surface area contributed by atoms with Gasteiger partial charge in [0.25, 0.3) is 0 Å². The van der Waals surface area contributed by atoms with Crippen LogP contribution in [0.25, 0.3) is 0 Å². The van der Waals surface area contributed by atoms with Crippen molar-refractivity contribution in [3.05, 3.63) is 23.8 Å². The van der Waals surface area contributed by atoms with Gasteiger partial charge < -0.3 is 18.9 Å². The number of nitrogens with one attached hydrogen (secondary N) is 1. The highest BCUT2D eigenvalue weighted by Gasteiger charge is 2.22. The molecule has 1 aromatic rings. The van der Waals surface area contributed by atoms with Crippen LogP contribution in [0.3, 0.4) is 0 Å². The van der Waals surface area contributed by atoms with Crippen LogP contribution in [0.15, 0.2) is 18.2 Å². The zero-order valence-corrected chi connectivity index (χ0v) is 13.0. The molecular weight excluding hydrogens is 274 g/mol. The van der Waals surface area contributed by atoms with Crippen LogP contribution in [-0.4, -0.2) is 47.1 Å². The Morgan fingerprint density at radius 3 is 2.24 bits per heavy atom. The minimum absolute atomic E-state index is 0.322. The number of ether oxygens (including phenoxy) is 4. The molecule has 0 aliphatic carbocycles. The van der Waals surface area contributed by atoms with E-state index in [4.69, 9.17) is 18.9 Å². The van der Waals surface area contributed by atoms with Crippen molar-refractivity contribution in [2.75, 3.05) is 41.1 Å². The van der Waals surface area contributed by atoms with E-state index in [-0.39, 0.29) is 5.97 Å². The molecule has 0 saturated heterocycles. The number of esters is 1. The van der Waals surface area contributed by atoms with Gasteiger partial charge in [-0.05, 0) is 24.6 Å². The lowest BCUT2D eigenvalue weighted by atomic mass is 10.1. The molecule has 0 spiro atoms. The number of carbonyl (C=O) groups excluding carboxylic acids is 1. The summed E-state index contributed by atoms with van der Waals surface area (Å²) in [5.41, 5.74) is 0.723. The molecule has 1 unspecified atom stereocenters. The number of benzene rings is 1.